The number of benzene rings is 1. The van der Waals surface area contributed by atoms with Gasteiger partial charge in [-0.15, -0.1) is 11.3 Å². The molecular weight excluding hydrogens is 518 g/mol. The lowest BCUT2D eigenvalue weighted by molar-refractivity contribution is -0.150. The highest BCUT2D eigenvalue weighted by atomic mass is 32.1. The fourth-order valence-corrected chi connectivity index (χ4v) is 6.64. The number of carbonyl (C=O) groups excluding carboxylic acids is 1. The van der Waals surface area contributed by atoms with Crippen molar-refractivity contribution < 1.29 is 24.2 Å². The molecule has 3 unspecified atom stereocenters. The van der Waals surface area contributed by atoms with Gasteiger partial charge < -0.3 is 19.5 Å². The molecule has 0 radical (unpaired) electrons. The molecule has 0 saturated carbocycles. The van der Waals surface area contributed by atoms with E-state index in [0.717, 1.165) is 5.56 Å². The van der Waals surface area contributed by atoms with Gasteiger partial charge in [-0.25, -0.2) is 9.78 Å². The number of amides is 1. The van der Waals surface area contributed by atoms with E-state index < -0.39 is 17.6 Å². The monoisotopic (exact) mass is 553 g/mol. The Labute approximate surface area is 232 Å². The van der Waals surface area contributed by atoms with Gasteiger partial charge in [-0.3, -0.25) is 14.4 Å². The molecule has 39 heavy (non-hydrogen) atoms. The molecule has 1 aromatic carbocycles. The molecule has 0 aliphatic carbocycles. The number of nitrogens with zero attached hydrogens (tertiary/aromatic N) is 5. The zero-order valence-electron chi connectivity index (χ0n) is 22.7. The summed E-state index contributed by atoms with van der Waals surface area (Å²) in [6, 6.07) is 6.33. The van der Waals surface area contributed by atoms with E-state index in [4.69, 9.17) is 9.47 Å². The van der Waals surface area contributed by atoms with E-state index >= 15 is 0 Å². The minimum Gasteiger partial charge on any atom is -0.496 e. The number of carbonyl (C=O) groups is 2. The first-order chi connectivity index (χ1) is 18.7. The van der Waals surface area contributed by atoms with E-state index in [1.807, 2.05) is 11.4 Å². The molecule has 2 aliphatic heterocycles. The fourth-order valence-electron chi connectivity index (χ4n) is 5.85. The van der Waals surface area contributed by atoms with Gasteiger partial charge in [0.1, 0.15) is 16.8 Å². The van der Waals surface area contributed by atoms with Gasteiger partial charge in [0.2, 0.25) is 0 Å². The highest BCUT2D eigenvalue weighted by Crippen LogP contribution is 2.48. The molecule has 2 aromatic heterocycles. The summed E-state index contributed by atoms with van der Waals surface area (Å²) >= 11 is 1.44. The molecule has 3 atom stereocenters. The van der Waals surface area contributed by atoms with Crippen LogP contribution in [-0.2, 0) is 21.5 Å². The van der Waals surface area contributed by atoms with Gasteiger partial charge in [0.15, 0.2) is 5.54 Å². The van der Waals surface area contributed by atoms with Gasteiger partial charge in [0.05, 0.1) is 26.9 Å². The first-order valence-electron chi connectivity index (χ1n) is 13.1. The number of hydrogen-bond acceptors (Lipinski definition) is 8. The van der Waals surface area contributed by atoms with Crippen LogP contribution in [0.4, 0.5) is 0 Å². The Kier molecular flexibility index (Phi) is 7.49. The maximum absolute atomic E-state index is 14.6. The Hall–Kier alpha value is -3.28. The lowest BCUT2D eigenvalue weighted by Gasteiger charge is -2.38. The van der Waals surface area contributed by atoms with Crippen molar-refractivity contribution >= 4 is 23.2 Å². The standard InChI is InChI=1S/C28H35N5O5S/c1-27(2,3)20-7-6-19(16-22(20)37-4)25(34)33-23(24-29-9-15-39-24)21(31-11-13-38-14-12-31)17-28(33,26(35)36)18-32-10-5-8-30-32/h5-10,15-16,21,23H,11-14,17-18H2,1-4H3,(H,35,36). The molecule has 208 valence electrons. The molecule has 0 spiro atoms. The van der Waals surface area contributed by atoms with Crippen LogP contribution in [0.25, 0.3) is 0 Å². The van der Waals surface area contributed by atoms with Gasteiger partial charge in [0, 0.05) is 55.1 Å². The minimum absolute atomic E-state index is 0.0149. The molecule has 11 heteroatoms. The number of methoxy groups -OCH3 is 1. The molecule has 10 nitrogen and oxygen atoms in total. The van der Waals surface area contributed by atoms with Crippen LogP contribution in [0.15, 0.2) is 48.2 Å². The summed E-state index contributed by atoms with van der Waals surface area (Å²) in [5, 5.41) is 17.8. The number of ether oxygens (including phenoxy) is 2. The predicted octanol–water partition coefficient (Wildman–Crippen LogP) is 3.46. The van der Waals surface area contributed by atoms with Crippen molar-refractivity contribution in [2.45, 2.75) is 56.8 Å². The Morgan fingerprint density at radius 3 is 2.59 bits per heavy atom. The lowest BCUT2D eigenvalue weighted by atomic mass is 9.85. The smallest absolute Gasteiger partial charge is 0.331 e. The number of aliphatic carboxylic acids is 1. The van der Waals surface area contributed by atoms with E-state index in [2.05, 4.69) is 35.8 Å². The molecule has 5 rings (SSSR count). The van der Waals surface area contributed by atoms with Crippen LogP contribution in [-0.4, -0.2) is 86.5 Å². The molecule has 1 amide bonds. The summed E-state index contributed by atoms with van der Waals surface area (Å²) in [7, 11) is 1.58. The van der Waals surface area contributed by atoms with Crippen LogP contribution in [0.5, 0.6) is 5.75 Å². The van der Waals surface area contributed by atoms with Gasteiger partial charge >= 0.3 is 5.97 Å². The summed E-state index contributed by atoms with van der Waals surface area (Å²) in [5.74, 6) is -0.850. The van der Waals surface area contributed by atoms with Crippen molar-refractivity contribution in [2.24, 2.45) is 0 Å². The van der Waals surface area contributed by atoms with Crippen molar-refractivity contribution in [3.05, 3.63) is 64.4 Å². The minimum atomic E-state index is -1.56. The Morgan fingerprint density at radius 2 is 2.00 bits per heavy atom. The molecule has 3 aromatic rings. The molecule has 2 aliphatic rings. The molecule has 4 heterocycles. The zero-order chi connectivity index (χ0) is 27.8. The highest BCUT2D eigenvalue weighted by Gasteiger charge is 2.61. The molecular formula is C28H35N5O5S. The largest absolute Gasteiger partial charge is 0.496 e. The van der Waals surface area contributed by atoms with Gasteiger partial charge in [-0.05, 0) is 29.2 Å². The number of carboxylic acid groups (broad SMARTS) is 1. The van der Waals surface area contributed by atoms with Crippen LogP contribution in [0.2, 0.25) is 0 Å². The third-order valence-electron chi connectivity index (χ3n) is 7.73. The maximum Gasteiger partial charge on any atom is 0.331 e. The average Bonchev–Trinajstić information content (AvgIpc) is 3.69. The number of hydrogen-bond donors (Lipinski definition) is 1. The van der Waals surface area contributed by atoms with Gasteiger partial charge in [0.25, 0.3) is 5.91 Å². The molecule has 2 saturated heterocycles. The van der Waals surface area contributed by atoms with Crippen LogP contribution < -0.4 is 4.74 Å². The zero-order valence-corrected chi connectivity index (χ0v) is 23.6. The van der Waals surface area contributed by atoms with Crippen molar-refractivity contribution in [3.8, 4) is 5.75 Å². The second kappa shape index (κ2) is 10.7. The van der Waals surface area contributed by atoms with Crippen molar-refractivity contribution in [3.63, 3.8) is 0 Å². The summed E-state index contributed by atoms with van der Waals surface area (Å²) in [5.41, 5.74) is -0.420. The van der Waals surface area contributed by atoms with Gasteiger partial charge in [-0.2, -0.15) is 5.10 Å². The SMILES string of the molecule is COc1cc(C(=O)N2C(c3nccs3)C(N3CCOCC3)CC2(Cn2cccn2)C(=O)O)ccc1C(C)(C)C. The first-order valence-corrected chi connectivity index (χ1v) is 14.0. The molecule has 2 fully saturated rings. The van der Waals surface area contributed by atoms with Crippen LogP contribution >= 0.6 is 11.3 Å². The summed E-state index contributed by atoms with van der Waals surface area (Å²) < 4.78 is 12.9. The number of aromatic nitrogens is 3. The van der Waals surface area contributed by atoms with Gasteiger partial charge in [-0.1, -0.05) is 26.8 Å². The second-order valence-corrected chi connectivity index (χ2v) is 12.0. The average molecular weight is 554 g/mol. The predicted molar refractivity (Wildman–Crippen MR) is 146 cm³/mol. The number of morpholine rings is 1. The summed E-state index contributed by atoms with van der Waals surface area (Å²) in [6.07, 6.45) is 5.28. The Bertz CT molecular complexity index is 1300. The third kappa shape index (κ3) is 5.06. The third-order valence-corrected chi connectivity index (χ3v) is 8.57. The number of thiazole rings is 1. The maximum atomic E-state index is 14.6. The second-order valence-electron chi connectivity index (χ2n) is 11.1. The Balaban J connectivity index is 1.67. The van der Waals surface area contributed by atoms with Crippen LogP contribution in [0.1, 0.15) is 54.2 Å². The van der Waals surface area contributed by atoms with E-state index in [-0.39, 0.29) is 30.3 Å². The first kappa shape index (κ1) is 27.3. The van der Waals surface area contributed by atoms with Crippen molar-refractivity contribution in [1.82, 2.24) is 24.6 Å². The summed E-state index contributed by atoms with van der Waals surface area (Å²) in [4.78, 5) is 36.3. The number of carboxylic acids is 1. The lowest BCUT2D eigenvalue weighted by Crippen LogP contribution is -2.56. The highest BCUT2D eigenvalue weighted by molar-refractivity contribution is 7.09. The quantitative estimate of drug-likeness (QED) is 0.474. The summed E-state index contributed by atoms with van der Waals surface area (Å²) in [6.45, 7) is 8.67. The number of likely N-dealkylation sites (tertiary alicyclic amines) is 1. The van der Waals surface area contributed by atoms with E-state index in [1.54, 1.807) is 53.5 Å². The Morgan fingerprint density at radius 1 is 1.23 bits per heavy atom. The van der Waals surface area contributed by atoms with E-state index in [1.165, 1.54) is 11.3 Å². The van der Waals surface area contributed by atoms with Crippen molar-refractivity contribution in [1.29, 1.82) is 0 Å². The van der Waals surface area contributed by atoms with Crippen LogP contribution in [0, 0.1) is 0 Å². The van der Waals surface area contributed by atoms with Crippen LogP contribution in [0.3, 0.4) is 0 Å². The van der Waals surface area contributed by atoms with E-state index in [0.29, 0.717) is 42.6 Å². The van der Waals surface area contributed by atoms with Crippen molar-refractivity contribution in [2.75, 3.05) is 33.4 Å². The topological polar surface area (TPSA) is 110 Å². The fraction of sp³-hybridized carbons (Fsp3) is 0.500. The number of rotatable bonds is 7. The molecule has 0 bridgehead atoms. The van der Waals surface area contributed by atoms with E-state index in [9.17, 15) is 14.7 Å². The molecule has 1 N–H and O–H groups in total. The normalized spacial score (nSPS) is 24.2.